The lowest BCUT2D eigenvalue weighted by atomic mass is 9.96. The maximum Gasteiger partial charge on any atom is 0.271 e. The zero-order valence-corrected chi connectivity index (χ0v) is 18.2. The van der Waals surface area contributed by atoms with Crippen LogP contribution in [0.3, 0.4) is 0 Å². The summed E-state index contributed by atoms with van der Waals surface area (Å²) in [6, 6.07) is 33.9. The van der Waals surface area contributed by atoms with Crippen molar-refractivity contribution in [2.24, 2.45) is 4.99 Å². The molecule has 0 saturated heterocycles. The molecule has 0 unspecified atom stereocenters. The van der Waals surface area contributed by atoms with Crippen LogP contribution in [0.4, 0.5) is 11.4 Å². The van der Waals surface area contributed by atoms with Crippen LogP contribution in [0.15, 0.2) is 126 Å². The number of non-ortho nitro benzene ring substituents is 1. The van der Waals surface area contributed by atoms with Crippen molar-refractivity contribution >= 4 is 28.4 Å². The van der Waals surface area contributed by atoms with Gasteiger partial charge in [-0.3, -0.25) is 10.1 Å². The molecule has 0 spiro atoms. The van der Waals surface area contributed by atoms with Gasteiger partial charge in [-0.15, -0.1) is 0 Å². The Morgan fingerprint density at radius 3 is 2.29 bits per heavy atom. The number of hydrogen-bond donors (Lipinski definition) is 0. The van der Waals surface area contributed by atoms with Gasteiger partial charge in [-0.2, -0.15) is 0 Å². The van der Waals surface area contributed by atoms with Gasteiger partial charge in [0.1, 0.15) is 11.5 Å². The van der Waals surface area contributed by atoms with E-state index in [1.807, 2.05) is 97.1 Å². The van der Waals surface area contributed by atoms with Gasteiger partial charge in [0.25, 0.3) is 5.69 Å². The van der Waals surface area contributed by atoms with Crippen molar-refractivity contribution in [3.63, 3.8) is 0 Å². The van der Waals surface area contributed by atoms with Gasteiger partial charge in [0.2, 0.25) is 0 Å². The minimum atomic E-state index is -0.413. The second-order valence-corrected chi connectivity index (χ2v) is 7.71. The quantitative estimate of drug-likeness (QED) is 0.185. The SMILES string of the molecule is O=[N+]([O-])c1cccc(N=C(C=C2C=C(c3ccccc3)Oc3ccccc32)c2ccccc2)c1. The van der Waals surface area contributed by atoms with E-state index in [4.69, 9.17) is 9.73 Å². The number of hydrogen-bond acceptors (Lipinski definition) is 4. The molecule has 164 valence electrons. The number of fused-ring (bicyclic) bond motifs is 1. The number of para-hydroxylation sites is 1. The molecule has 1 aliphatic rings. The monoisotopic (exact) mass is 444 g/mol. The molecule has 5 nitrogen and oxygen atoms in total. The normalized spacial score (nSPS) is 14.2. The smallest absolute Gasteiger partial charge is 0.271 e. The molecule has 34 heavy (non-hydrogen) atoms. The molecular weight excluding hydrogens is 424 g/mol. The molecule has 5 heteroatoms. The summed E-state index contributed by atoms with van der Waals surface area (Å²) in [5.41, 5.74) is 4.97. The summed E-state index contributed by atoms with van der Waals surface area (Å²) in [4.78, 5) is 15.6. The lowest BCUT2D eigenvalue weighted by Gasteiger charge is -2.21. The molecule has 0 fully saturated rings. The summed E-state index contributed by atoms with van der Waals surface area (Å²) in [6.07, 6.45) is 4.00. The summed E-state index contributed by atoms with van der Waals surface area (Å²) >= 11 is 0. The fourth-order valence-electron chi connectivity index (χ4n) is 3.78. The molecular formula is C29H20N2O3. The van der Waals surface area contributed by atoms with Gasteiger partial charge >= 0.3 is 0 Å². The van der Waals surface area contributed by atoms with E-state index in [2.05, 4.69) is 0 Å². The van der Waals surface area contributed by atoms with Crippen LogP contribution in [0, 0.1) is 10.1 Å². The Balaban J connectivity index is 1.68. The topological polar surface area (TPSA) is 64.7 Å². The van der Waals surface area contributed by atoms with Crippen LogP contribution in [-0.2, 0) is 0 Å². The molecule has 0 saturated carbocycles. The van der Waals surface area contributed by atoms with Gasteiger partial charge in [0.15, 0.2) is 0 Å². The van der Waals surface area contributed by atoms with E-state index in [-0.39, 0.29) is 5.69 Å². The summed E-state index contributed by atoms with van der Waals surface area (Å²) < 4.78 is 6.20. The lowest BCUT2D eigenvalue weighted by molar-refractivity contribution is -0.384. The van der Waals surface area contributed by atoms with Gasteiger partial charge in [0, 0.05) is 28.8 Å². The molecule has 4 aromatic carbocycles. The largest absolute Gasteiger partial charge is 0.456 e. The van der Waals surface area contributed by atoms with Gasteiger partial charge in [-0.1, -0.05) is 84.9 Å². The maximum atomic E-state index is 11.3. The minimum absolute atomic E-state index is 0.00369. The second-order valence-electron chi connectivity index (χ2n) is 7.71. The Bertz CT molecular complexity index is 1440. The Morgan fingerprint density at radius 1 is 0.824 bits per heavy atom. The minimum Gasteiger partial charge on any atom is -0.456 e. The van der Waals surface area contributed by atoms with E-state index in [9.17, 15) is 10.1 Å². The Labute approximate surface area is 197 Å². The van der Waals surface area contributed by atoms with Crippen molar-refractivity contribution < 1.29 is 9.66 Å². The zero-order valence-electron chi connectivity index (χ0n) is 18.2. The van der Waals surface area contributed by atoms with E-state index < -0.39 is 4.92 Å². The number of benzene rings is 4. The molecule has 1 heterocycles. The van der Waals surface area contributed by atoms with E-state index >= 15 is 0 Å². The number of ether oxygens (including phenoxy) is 1. The van der Waals surface area contributed by atoms with Crippen molar-refractivity contribution in [2.45, 2.75) is 0 Å². The summed E-state index contributed by atoms with van der Waals surface area (Å²) in [5, 5.41) is 11.3. The fourth-order valence-corrected chi connectivity index (χ4v) is 3.78. The molecule has 1 aliphatic heterocycles. The third kappa shape index (κ3) is 4.54. The maximum absolute atomic E-state index is 11.3. The standard InChI is InChI=1S/C29H20N2O3/c32-31(33)25-15-9-14-24(20-25)30-27(21-10-3-1-4-11-21)18-23-19-29(22-12-5-2-6-13-22)34-28-17-8-7-16-26(23)28/h1-20H. The average molecular weight is 444 g/mol. The molecule has 0 N–H and O–H groups in total. The van der Waals surface area contributed by atoms with E-state index in [0.717, 1.165) is 33.8 Å². The first-order chi connectivity index (χ1) is 16.7. The number of allylic oxidation sites excluding steroid dienone is 3. The number of aliphatic imine (C=N–C) groups is 1. The number of rotatable bonds is 5. The van der Waals surface area contributed by atoms with Crippen LogP contribution in [0.1, 0.15) is 16.7 Å². The molecule has 0 bridgehead atoms. The lowest BCUT2D eigenvalue weighted by Crippen LogP contribution is -2.05. The Morgan fingerprint density at radius 2 is 1.53 bits per heavy atom. The summed E-state index contributed by atoms with van der Waals surface area (Å²) in [7, 11) is 0. The van der Waals surface area contributed by atoms with Crippen LogP contribution in [-0.4, -0.2) is 10.6 Å². The van der Waals surface area contributed by atoms with Crippen molar-refractivity contribution in [3.8, 4) is 5.75 Å². The highest BCUT2D eigenvalue weighted by molar-refractivity contribution is 6.15. The number of nitrogens with zero attached hydrogens (tertiary/aromatic N) is 2. The van der Waals surface area contributed by atoms with E-state index in [0.29, 0.717) is 11.4 Å². The van der Waals surface area contributed by atoms with E-state index in [1.165, 1.54) is 12.1 Å². The highest BCUT2D eigenvalue weighted by Crippen LogP contribution is 2.37. The predicted molar refractivity (Wildman–Crippen MR) is 135 cm³/mol. The third-order valence-electron chi connectivity index (χ3n) is 5.41. The number of nitro benzene ring substituents is 1. The second kappa shape index (κ2) is 9.38. The third-order valence-corrected chi connectivity index (χ3v) is 5.41. The van der Waals surface area contributed by atoms with Crippen molar-refractivity contribution in [1.82, 2.24) is 0 Å². The van der Waals surface area contributed by atoms with Gasteiger partial charge in [0.05, 0.1) is 16.3 Å². The Hall–Kier alpha value is -4.77. The first-order valence-electron chi connectivity index (χ1n) is 10.8. The first kappa shape index (κ1) is 21.1. The first-order valence-corrected chi connectivity index (χ1v) is 10.8. The zero-order chi connectivity index (χ0) is 23.3. The molecule has 5 rings (SSSR count). The molecule has 0 radical (unpaired) electrons. The molecule has 0 aromatic heterocycles. The van der Waals surface area contributed by atoms with Crippen molar-refractivity contribution in [1.29, 1.82) is 0 Å². The highest BCUT2D eigenvalue weighted by atomic mass is 16.6. The average Bonchev–Trinajstić information content (AvgIpc) is 2.89. The van der Waals surface area contributed by atoms with Gasteiger partial charge < -0.3 is 4.74 Å². The molecule has 4 aromatic rings. The van der Waals surface area contributed by atoms with E-state index in [1.54, 1.807) is 12.1 Å². The summed E-state index contributed by atoms with van der Waals surface area (Å²) in [5.74, 6) is 1.51. The van der Waals surface area contributed by atoms with Gasteiger partial charge in [-0.25, -0.2) is 4.99 Å². The van der Waals surface area contributed by atoms with Crippen molar-refractivity contribution in [2.75, 3.05) is 0 Å². The van der Waals surface area contributed by atoms with Crippen LogP contribution in [0.25, 0.3) is 11.3 Å². The summed E-state index contributed by atoms with van der Waals surface area (Å²) in [6.45, 7) is 0. The molecule has 0 atom stereocenters. The number of nitro groups is 1. The van der Waals surface area contributed by atoms with Crippen LogP contribution < -0.4 is 4.74 Å². The molecule has 0 aliphatic carbocycles. The van der Waals surface area contributed by atoms with Crippen LogP contribution in [0.2, 0.25) is 0 Å². The predicted octanol–water partition coefficient (Wildman–Crippen LogP) is 7.23. The van der Waals surface area contributed by atoms with Crippen molar-refractivity contribution in [3.05, 3.63) is 148 Å². The van der Waals surface area contributed by atoms with Crippen LogP contribution in [0.5, 0.6) is 5.75 Å². The highest BCUT2D eigenvalue weighted by Gasteiger charge is 2.18. The van der Waals surface area contributed by atoms with Gasteiger partial charge in [-0.05, 0) is 29.9 Å². The molecule has 0 amide bonds. The Kier molecular flexibility index (Phi) is 5.82. The fraction of sp³-hybridized carbons (Fsp3) is 0. The van der Waals surface area contributed by atoms with Crippen LogP contribution >= 0.6 is 0 Å².